The molecule has 0 heterocycles. The van der Waals surface area contributed by atoms with E-state index in [2.05, 4.69) is 10.6 Å². The summed E-state index contributed by atoms with van der Waals surface area (Å²) in [5, 5.41) is 5.32. The van der Waals surface area contributed by atoms with Gasteiger partial charge in [0.25, 0.3) is 0 Å². The molecule has 3 amide bonds. The summed E-state index contributed by atoms with van der Waals surface area (Å²) in [6.07, 6.45) is 0. The highest BCUT2D eigenvalue weighted by Gasteiger charge is 2.24. The Kier molecular flexibility index (Phi) is 8.65. The fraction of sp³-hybridized carbons (Fsp3) is 0.348. The largest absolute Gasteiger partial charge is 0.350 e. The van der Waals surface area contributed by atoms with Gasteiger partial charge in [-0.05, 0) is 69.7 Å². The van der Waals surface area contributed by atoms with E-state index < -0.39 is 45.5 Å². The molecule has 0 radical (unpaired) electrons. The Labute approximate surface area is 189 Å². The molecule has 0 unspecified atom stereocenters. The number of benzene rings is 2. The quantitative estimate of drug-likeness (QED) is 0.632. The Bertz CT molecular complexity index is 1000. The molecule has 0 aliphatic rings. The maximum atomic E-state index is 13.0. The molecule has 9 heteroatoms. The predicted molar refractivity (Wildman–Crippen MR) is 124 cm³/mol. The molecule has 0 aromatic heterocycles. The second-order valence-corrected chi connectivity index (χ2v) is 9.86. The van der Waals surface area contributed by atoms with E-state index in [1.807, 2.05) is 33.8 Å². The van der Waals surface area contributed by atoms with E-state index in [0.717, 1.165) is 5.56 Å². The van der Waals surface area contributed by atoms with Crippen molar-refractivity contribution in [1.29, 1.82) is 0 Å². The molecular formula is C23H28FN3O4S. The zero-order valence-electron chi connectivity index (χ0n) is 18.6. The molecule has 0 saturated heterocycles. The number of aryl methyl sites for hydroxylation is 1. The van der Waals surface area contributed by atoms with E-state index in [9.17, 15) is 23.0 Å². The lowest BCUT2D eigenvalue weighted by molar-refractivity contribution is -0.124. The van der Waals surface area contributed by atoms with Crippen molar-refractivity contribution in [3.63, 3.8) is 0 Å². The van der Waals surface area contributed by atoms with Crippen LogP contribution in [0.2, 0.25) is 0 Å². The van der Waals surface area contributed by atoms with Gasteiger partial charge in [-0.1, -0.05) is 12.1 Å². The normalized spacial score (nSPS) is 12.0. The number of carbonyl (C=O) groups is 3. The van der Waals surface area contributed by atoms with Gasteiger partial charge in [-0.3, -0.25) is 18.6 Å². The summed E-state index contributed by atoms with van der Waals surface area (Å²) in [6.45, 7) is 7.12. The highest BCUT2D eigenvalue weighted by molar-refractivity contribution is 7.86. The van der Waals surface area contributed by atoms with Gasteiger partial charge in [0, 0.05) is 27.7 Å². The van der Waals surface area contributed by atoms with Gasteiger partial charge in [0.15, 0.2) is 0 Å². The first-order valence-corrected chi connectivity index (χ1v) is 11.5. The molecule has 2 N–H and O–H groups in total. The number of amides is 3. The monoisotopic (exact) mass is 461 g/mol. The first-order chi connectivity index (χ1) is 14.9. The summed E-state index contributed by atoms with van der Waals surface area (Å²) in [7, 11) is -1.80. The molecule has 0 saturated carbocycles. The van der Waals surface area contributed by atoms with Gasteiger partial charge in [-0.15, -0.1) is 0 Å². The van der Waals surface area contributed by atoms with Crippen molar-refractivity contribution in [2.75, 3.05) is 28.3 Å². The number of halogens is 1. The molecule has 2 aromatic carbocycles. The third kappa shape index (κ3) is 8.58. The lowest BCUT2D eigenvalue weighted by Gasteiger charge is -2.26. The van der Waals surface area contributed by atoms with E-state index in [1.54, 1.807) is 18.2 Å². The maximum absolute atomic E-state index is 13.0. The fourth-order valence-corrected chi connectivity index (χ4v) is 3.76. The Morgan fingerprint density at radius 1 is 1.00 bits per heavy atom. The van der Waals surface area contributed by atoms with Crippen molar-refractivity contribution >= 4 is 39.9 Å². The maximum Gasteiger partial charge on any atom is 0.240 e. The minimum Gasteiger partial charge on any atom is -0.350 e. The Hall–Kier alpha value is -3.07. The number of nitrogens with zero attached hydrogens (tertiary/aromatic N) is 1. The lowest BCUT2D eigenvalue weighted by atomic mass is 10.1. The Balaban J connectivity index is 2.06. The second kappa shape index (κ2) is 11.0. The summed E-state index contributed by atoms with van der Waals surface area (Å²) >= 11 is 0. The van der Waals surface area contributed by atoms with Crippen LogP contribution in [0.4, 0.5) is 15.8 Å². The van der Waals surface area contributed by atoms with Gasteiger partial charge in [0.2, 0.25) is 17.7 Å². The molecule has 0 aliphatic carbocycles. The van der Waals surface area contributed by atoms with Crippen molar-refractivity contribution in [3.8, 4) is 0 Å². The van der Waals surface area contributed by atoms with Gasteiger partial charge in [0.1, 0.15) is 23.9 Å². The summed E-state index contributed by atoms with van der Waals surface area (Å²) in [5.74, 6) is -2.72. The molecule has 2 aromatic rings. The number of hydrogen-bond donors (Lipinski definition) is 2. The van der Waals surface area contributed by atoms with Crippen LogP contribution in [0.15, 0.2) is 48.5 Å². The minimum atomic E-state index is -1.80. The molecule has 172 valence electrons. The van der Waals surface area contributed by atoms with E-state index >= 15 is 0 Å². The van der Waals surface area contributed by atoms with E-state index in [4.69, 9.17) is 0 Å². The summed E-state index contributed by atoms with van der Waals surface area (Å²) in [4.78, 5) is 38.8. The van der Waals surface area contributed by atoms with Crippen molar-refractivity contribution in [3.05, 3.63) is 59.9 Å². The molecule has 1 atom stereocenters. The van der Waals surface area contributed by atoms with Crippen LogP contribution >= 0.6 is 0 Å². The van der Waals surface area contributed by atoms with Crippen LogP contribution in [0.3, 0.4) is 0 Å². The zero-order chi connectivity index (χ0) is 23.9. The smallest absolute Gasteiger partial charge is 0.240 e. The van der Waals surface area contributed by atoms with E-state index in [-0.39, 0.29) is 12.5 Å². The number of nitrogens with one attached hydrogen (secondary N) is 2. The van der Waals surface area contributed by atoms with Crippen LogP contribution in [0.25, 0.3) is 0 Å². The van der Waals surface area contributed by atoms with Crippen LogP contribution < -0.4 is 15.5 Å². The molecule has 32 heavy (non-hydrogen) atoms. The van der Waals surface area contributed by atoms with Crippen molar-refractivity contribution in [2.45, 2.75) is 33.2 Å². The van der Waals surface area contributed by atoms with Crippen molar-refractivity contribution in [2.24, 2.45) is 0 Å². The minimum absolute atomic E-state index is 0.238. The van der Waals surface area contributed by atoms with Gasteiger partial charge in [-0.2, -0.15) is 0 Å². The Morgan fingerprint density at radius 2 is 1.66 bits per heavy atom. The molecular weight excluding hydrogens is 433 g/mol. The van der Waals surface area contributed by atoms with Crippen LogP contribution in [0.1, 0.15) is 26.3 Å². The summed E-state index contributed by atoms with van der Waals surface area (Å²) in [6, 6.07) is 12.2. The van der Waals surface area contributed by atoms with E-state index in [1.165, 1.54) is 29.2 Å². The SMILES string of the molecule is Cc1cccc(N(CC(=O)NC(C)(C)C)C(=O)C[S@](=O)CC(=O)Nc2ccc(F)cc2)c1. The van der Waals surface area contributed by atoms with Crippen LogP contribution in [-0.4, -0.2) is 45.5 Å². The number of rotatable bonds is 8. The Morgan fingerprint density at radius 3 is 2.25 bits per heavy atom. The van der Waals surface area contributed by atoms with Crippen molar-refractivity contribution < 1.29 is 23.0 Å². The van der Waals surface area contributed by atoms with Gasteiger partial charge >= 0.3 is 0 Å². The van der Waals surface area contributed by atoms with Crippen LogP contribution in [0.5, 0.6) is 0 Å². The molecule has 7 nitrogen and oxygen atoms in total. The zero-order valence-corrected chi connectivity index (χ0v) is 19.4. The van der Waals surface area contributed by atoms with Crippen LogP contribution in [-0.2, 0) is 25.2 Å². The molecule has 0 spiro atoms. The third-order valence-corrected chi connectivity index (χ3v) is 5.29. The number of carbonyl (C=O) groups excluding carboxylic acids is 3. The molecule has 2 rings (SSSR count). The second-order valence-electron chi connectivity index (χ2n) is 8.40. The first kappa shape index (κ1) is 25.2. The first-order valence-electron chi connectivity index (χ1n) is 10.0. The standard InChI is InChI=1S/C23H28FN3O4S/c1-16-6-5-7-19(12-16)27(13-20(28)26-23(2,3)4)22(30)15-32(31)14-21(29)25-18-10-8-17(24)9-11-18/h5-12H,13-15H2,1-4H3,(H,25,29)(H,26,28)/t32-/m1/s1. The van der Waals surface area contributed by atoms with Gasteiger partial charge in [-0.25, -0.2) is 4.39 Å². The molecule has 0 aliphatic heterocycles. The average molecular weight is 462 g/mol. The van der Waals surface area contributed by atoms with Gasteiger partial charge < -0.3 is 15.5 Å². The van der Waals surface area contributed by atoms with Gasteiger partial charge in [0.05, 0.1) is 0 Å². The highest BCUT2D eigenvalue weighted by atomic mass is 32.2. The summed E-state index contributed by atoms with van der Waals surface area (Å²) in [5.41, 5.74) is 1.29. The lowest BCUT2D eigenvalue weighted by Crippen LogP contribution is -2.48. The topological polar surface area (TPSA) is 95.6 Å². The number of hydrogen-bond acceptors (Lipinski definition) is 4. The molecule has 0 bridgehead atoms. The van der Waals surface area contributed by atoms with Crippen LogP contribution in [0, 0.1) is 12.7 Å². The van der Waals surface area contributed by atoms with E-state index in [0.29, 0.717) is 11.4 Å². The summed E-state index contributed by atoms with van der Waals surface area (Å²) < 4.78 is 25.4. The molecule has 0 fully saturated rings. The highest BCUT2D eigenvalue weighted by Crippen LogP contribution is 2.17. The predicted octanol–water partition coefficient (Wildman–Crippen LogP) is 2.77. The fourth-order valence-electron chi connectivity index (χ4n) is 2.86. The third-order valence-electron chi connectivity index (χ3n) is 4.14. The van der Waals surface area contributed by atoms with Crippen molar-refractivity contribution in [1.82, 2.24) is 5.32 Å². The average Bonchev–Trinajstić information content (AvgIpc) is 2.66. The number of anilines is 2.